The Hall–Kier alpha value is -4.50. The molecular formula is C40H28Cl2O2. The van der Waals surface area contributed by atoms with E-state index >= 15 is 0 Å². The van der Waals surface area contributed by atoms with E-state index in [1.54, 1.807) is 0 Å². The molecule has 0 unspecified atom stereocenters. The fourth-order valence-electron chi connectivity index (χ4n) is 6.68. The number of benzene rings is 6. The maximum atomic E-state index is 6.57. The summed E-state index contributed by atoms with van der Waals surface area (Å²) in [6.45, 7) is 0. The van der Waals surface area contributed by atoms with Crippen molar-refractivity contribution >= 4 is 23.2 Å². The third-order valence-corrected chi connectivity index (χ3v) is 9.36. The topological polar surface area (TPSA) is 18.5 Å². The lowest BCUT2D eigenvalue weighted by Gasteiger charge is -2.18. The van der Waals surface area contributed by atoms with Crippen LogP contribution in [-0.4, -0.2) is 0 Å². The molecule has 44 heavy (non-hydrogen) atoms. The number of hydrogen-bond donors (Lipinski definition) is 0. The quantitative estimate of drug-likeness (QED) is 0.132. The molecule has 0 fully saturated rings. The van der Waals surface area contributed by atoms with Crippen LogP contribution in [0.15, 0.2) is 121 Å². The van der Waals surface area contributed by atoms with Gasteiger partial charge in [0.15, 0.2) is 11.5 Å². The summed E-state index contributed by atoms with van der Waals surface area (Å²) < 4.78 is 0. The predicted octanol–water partition coefficient (Wildman–Crippen LogP) is 10.7. The number of halogens is 2. The maximum Gasteiger partial charge on any atom is 0.186 e. The molecule has 2 aliphatic rings. The van der Waals surface area contributed by atoms with Crippen LogP contribution < -0.4 is 9.78 Å². The van der Waals surface area contributed by atoms with Crippen LogP contribution in [0, 0.1) is 0 Å². The predicted molar refractivity (Wildman–Crippen MR) is 179 cm³/mol. The lowest BCUT2D eigenvalue weighted by molar-refractivity contribution is -0.103. The van der Waals surface area contributed by atoms with E-state index in [0.717, 1.165) is 67.8 Å². The van der Waals surface area contributed by atoms with Crippen molar-refractivity contribution in [3.63, 3.8) is 0 Å². The second-order valence-electron chi connectivity index (χ2n) is 11.6. The first-order valence-electron chi connectivity index (χ1n) is 14.9. The molecule has 2 aliphatic carbocycles. The molecule has 0 N–H and O–H groups in total. The molecule has 4 heteroatoms. The van der Waals surface area contributed by atoms with E-state index < -0.39 is 0 Å². The van der Waals surface area contributed by atoms with Crippen molar-refractivity contribution in [2.45, 2.75) is 25.7 Å². The van der Waals surface area contributed by atoms with Gasteiger partial charge in [-0.15, -0.1) is 0 Å². The van der Waals surface area contributed by atoms with Crippen molar-refractivity contribution in [3.8, 4) is 33.8 Å². The first kappa shape index (κ1) is 27.1. The van der Waals surface area contributed by atoms with Gasteiger partial charge in [0.05, 0.1) is 0 Å². The van der Waals surface area contributed by atoms with E-state index in [2.05, 4.69) is 97.1 Å². The number of hydrogen-bond acceptors (Lipinski definition) is 2. The SMILES string of the molecule is Clc1ccc(Cc2ccc3c(c2OOc2c(Cc4ccc(Cl)cc4)ccc4c2Cc2ccccc2-4)Cc2ccccc2-3)cc1. The van der Waals surface area contributed by atoms with Crippen molar-refractivity contribution in [2.24, 2.45) is 0 Å². The zero-order valence-corrected chi connectivity index (χ0v) is 25.5. The molecule has 6 aromatic carbocycles. The van der Waals surface area contributed by atoms with Crippen molar-refractivity contribution in [1.29, 1.82) is 0 Å². The van der Waals surface area contributed by atoms with Gasteiger partial charge in [-0.1, -0.05) is 120 Å². The minimum absolute atomic E-state index is 0.704. The average Bonchev–Trinajstić information content (AvgIpc) is 3.62. The summed E-state index contributed by atoms with van der Waals surface area (Å²) in [6, 6.07) is 42.0. The van der Waals surface area contributed by atoms with Gasteiger partial charge in [-0.2, -0.15) is 0 Å². The van der Waals surface area contributed by atoms with Crippen molar-refractivity contribution in [2.75, 3.05) is 0 Å². The van der Waals surface area contributed by atoms with Gasteiger partial charge >= 0.3 is 0 Å². The molecule has 214 valence electrons. The summed E-state index contributed by atoms with van der Waals surface area (Å²) >= 11 is 12.4. The van der Waals surface area contributed by atoms with Crippen LogP contribution in [0.1, 0.15) is 44.5 Å². The summed E-state index contributed by atoms with van der Waals surface area (Å²) in [5.41, 5.74) is 14.3. The van der Waals surface area contributed by atoms with Crippen LogP contribution >= 0.6 is 23.2 Å². The molecule has 8 rings (SSSR count). The zero-order valence-electron chi connectivity index (χ0n) is 23.9. The summed E-state index contributed by atoms with van der Waals surface area (Å²) in [4.78, 5) is 13.1. The fourth-order valence-corrected chi connectivity index (χ4v) is 6.93. The summed E-state index contributed by atoms with van der Waals surface area (Å²) in [5, 5.41) is 1.45. The van der Waals surface area contributed by atoms with E-state index in [0.29, 0.717) is 12.8 Å². The molecule has 0 saturated heterocycles. The van der Waals surface area contributed by atoms with E-state index in [4.69, 9.17) is 33.0 Å². The van der Waals surface area contributed by atoms with Crippen LogP contribution in [0.2, 0.25) is 10.0 Å². The Morgan fingerprint density at radius 1 is 0.432 bits per heavy atom. The van der Waals surface area contributed by atoms with Gasteiger partial charge in [-0.25, -0.2) is 0 Å². The van der Waals surface area contributed by atoms with Gasteiger partial charge in [0.25, 0.3) is 0 Å². The molecule has 0 heterocycles. The highest BCUT2D eigenvalue weighted by atomic mass is 35.5. The van der Waals surface area contributed by atoms with Crippen molar-refractivity contribution in [3.05, 3.63) is 176 Å². The van der Waals surface area contributed by atoms with Gasteiger partial charge in [-0.3, -0.25) is 9.78 Å². The van der Waals surface area contributed by atoms with Crippen LogP contribution in [0.25, 0.3) is 22.3 Å². The van der Waals surface area contributed by atoms with E-state index in [-0.39, 0.29) is 0 Å². The number of fused-ring (bicyclic) bond motifs is 6. The van der Waals surface area contributed by atoms with Crippen LogP contribution in [0.3, 0.4) is 0 Å². The second-order valence-corrected chi connectivity index (χ2v) is 12.5. The molecule has 0 radical (unpaired) electrons. The first-order valence-corrected chi connectivity index (χ1v) is 15.7. The Kier molecular flexibility index (Phi) is 6.90. The lowest BCUT2D eigenvalue weighted by atomic mass is 9.97. The summed E-state index contributed by atoms with van der Waals surface area (Å²) in [5.74, 6) is 1.58. The molecule has 2 nitrogen and oxygen atoms in total. The highest BCUT2D eigenvalue weighted by molar-refractivity contribution is 6.30. The smallest absolute Gasteiger partial charge is 0.186 e. The molecule has 0 saturated carbocycles. The number of rotatable bonds is 7. The molecule has 0 spiro atoms. The zero-order chi connectivity index (χ0) is 29.6. The molecule has 0 amide bonds. The molecule has 0 atom stereocenters. The van der Waals surface area contributed by atoms with Gasteiger partial charge in [0.1, 0.15) is 0 Å². The molecule has 6 aromatic rings. The summed E-state index contributed by atoms with van der Waals surface area (Å²) in [7, 11) is 0. The Labute approximate surface area is 267 Å². The highest BCUT2D eigenvalue weighted by Crippen LogP contribution is 2.46. The minimum Gasteiger partial charge on any atom is -0.289 e. The highest BCUT2D eigenvalue weighted by Gasteiger charge is 2.28. The average molecular weight is 612 g/mol. The third kappa shape index (κ3) is 4.95. The monoisotopic (exact) mass is 610 g/mol. The third-order valence-electron chi connectivity index (χ3n) is 8.86. The largest absolute Gasteiger partial charge is 0.289 e. The molecule has 0 aromatic heterocycles. The van der Waals surface area contributed by atoms with Crippen molar-refractivity contribution < 1.29 is 9.78 Å². The first-order chi connectivity index (χ1) is 21.6. The lowest BCUT2D eigenvalue weighted by Crippen LogP contribution is -2.10. The van der Waals surface area contributed by atoms with Gasteiger partial charge in [0, 0.05) is 58.0 Å². The Balaban J connectivity index is 1.21. The second kappa shape index (κ2) is 11.2. The van der Waals surface area contributed by atoms with E-state index in [1.807, 2.05) is 24.3 Å². The van der Waals surface area contributed by atoms with Crippen LogP contribution in [0.5, 0.6) is 11.5 Å². The fraction of sp³-hybridized carbons (Fsp3) is 0.100. The standard InChI is InChI=1S/C40H28Cl2O2/c41-31-15-9-25(10-16-31)21-29-13-19-35-33-7-3-1-5-27(33)23-37(35)39(29)43-44-40-30(22-26-11-17-32(42)18-12-26)14-20-36-34-8-4-2-6-28(34)24-38(36)40/h1-20H,21-24H2. The Morgan fingerprint density at radius 2 is 0.841 bits per heavy atom. The van der Waals surface area contributed by atoms with Crippen LogP contribution in [-0.2, 0) is 25.7 Å². The van der Waals surface area contributed by atoms with Gasteiger partial charge < -0.3 is 0 Å². The van der Waals surface area contributed by atoms with Crippen LogP contribution in [0.4, 0.5) is 0 Å². The van der Waals surface area contributed by atoms with Gasteiger partial charge in [0.2, 0.25) is 0 Å². The normalized spacial score (nSPS) is 12.3. The minimum atomic E-state index is 0.704. The summed E-state index contributed by atoms with van der Waals surface area (Å²) in [6.07, 6.45) is 3.01. The van der Waals surface area contributed by atoms with E-state index in [1.165, 1.54) is 33.4 Å². The Morgan fingerprint density at radius 3 is 1.27 bits per heavy atom. The molecular weight excluding hydrogens is 583 g/mol. The van der Waals surface area contributed by atoms with E-state index in [9.17, 15) is 0 Å². The van der Waals surface area contributed by atoms with Gasteiger partial charge in [-0.05, 0) is 68.8 Å². The molecule has 0 aliphatic heterocycles. The van der Waals surface area contributed by atoms with Crippen molar-refractivity contribution in [1.82, 2.24) is 0 Å². The Bertz CT molecular complexity index is 1880. The maximum absolute atomic E-state index is 6.57. The molecule has 0 bridgehead atoms.